The van der Waals surface area contributed by atoms with Crippen LogP contribution in [0.15, 0.2) is 0 Å². The van der Waals surface area contributed by atoms with Gasteiger partial charge in [0.05, 0.1) is 6.61 Å². The molecule has 1 saturated heterocycles. The Morgan fingerprint density at radius 1 is 1.25 bits per heavy atom. The van der Waals surface area contributed by atoms with E-state index in [1.54, 1.807) is 7.05 Å². The first-order valence-corrected chi connectivity index (χ1v) is 6.99. The molecular formula is C13H24N6O. The fourth-order valence-electron chi connectivity index (χ4n) is 2.20. The minimum atomic E-state index is 0.0937. The maximum atomic E-state index is 5.41. The number of rotatable bonds is 4. The summed E-state index contributed by atoms with van der Waals surface area (Å²) in [4.78, 5) is 17.6. The summed E-state index contributed by atoms with van der Waals surface area (Å²) in [6, 6.07) is 0.374. The van der Waals surface area contributed by atoms with Crippen molar-refractivity contribution >= 4 is 11.9 Å². The van der Waals surface area contributed by atoms with Crippen LogP contribution in [-0.2, 0) is 0 Å². The number of hydrogen-bond acceptors (Lipinski definition) is 7. The molecule has 0 radical (unpaired) electrons. The number of nitrogens with one attached hydrogen (secondary N) is 1. The van der Waals surface area contributed by atoms with Crippen LogP contribution in [0.25, 0.3) is 0 Å². The predicted molar refractivity (Wildman–Crippen MR) is 79.5 cm³/mol. The minimum absolute atomic E-state index is 0.0937. The van der Waals surface area contributed by atoms with Crippen LogP contribution in [-0.4, -0.2) is 65.7 Å². The molecule has 112 valence electrons. The van der Waals surface area contributed by atoms with Gasteiger partial charge >= 0.3 is 6.01 Å². The van der Waals surface area contributed by atoms with Crippen LogP contribution in [0.1, 0.15) is 20.8 Å². The molecule has 1 aliphatic heterocycles. The van der Waals surface area contributed by atoms with Gasteiger partial charge in [0.1, 0.15) is 0 Å². The summed E-state index contributed by atoms with van der Waals surface area (Å²) < 4.78 is 5.41. The number of aromatic nitrogens is 3. The molecule has 0 unspecified atom stereocenters. The molecule has 1 aromatic heterocycles. The van der Waals surface area contributed by atoms with Crippen molar-refractivity contribution in [1.29, 1.82) is 0 Å². The molecule has 7 heteroatoms. The van der Waals surface area contributed by atoms with E-state index >= 15 is 0 Å². The van der Waals surface area contributed by atoms with Gasteiger partial charge in [-0.05, 0) is 27.8 Å². The van der Waals surface area contributed by atoms with Crippen molar-refractivity contribution in [3.05, 3.63) is 0 Å². The zero-order chi connectivity index (χ0) is 14.8. The average molecular weight is 280 g/mol. The van der Waals surface area contributed by atoms with E-state index in [0.29, 0.717) is 24.5 Å². The number of hydrogen-bond donors (Lipinski definition) is 1. The zero-order valence-corrected chi connectivity index (χ0v) is 13.0. The largest absolute Gasteiger partial charge is 0.464 e. The third kappa shape index (κ3) is 3.09. The molecule has 2 rings (SSSR count). The molecular weight excluding hydrogens is 256 g/mol. The van der Waals surface area contributed by atoms with Crippen LogP contribution >= 0.6 is 0 Å². The Morgan fingerprint density at radius 2 is 2.00 bits per heavy atom. The molecule has 0 atom stereocenters. The maximum Gasteiger partial charge on any atom is 0.323 e. The second-order valence-electron chi connectivity index (χ2n) is 5.58. The molecule has 1 aliphatic rings. The highest BCUT2D eigenvalue weighted by Gasteiger charge is 2.32. The molecule has 1 fully saturated rings. The Bertz CT molecular complexity index is 464. The van der Waals surface area contributed by atoms with Crippen molar-refractivity contribution < 1.29 is 4.74 Å². The van der Waals surface area contributed by atoms with Crippen molar-refractivity contribution in [3.63, 3.8) is 0 Å². The Morgan fingerprint density at radius 3 is 2.60 bits per heavy atom. The summed E-state index contributed by atoms with van der Waals surface area (Å²) in [5.74, 6) is 1.21. The standard InChI is InChI=1S/C13H24N6O/c1-6-20-12-16-10(14-4)15-11(17-12)19-8-7-18(5)13(2,3)9-19/h6-9H2,1-5H3,(H,14,15,16,17). The van der Waals surface area contributed by atoms with E-state index in [4.69, 9.17) is 4.74 Å². The van der Waals surface area contributed by atoms with Crippen molar-refractivity contribution in [1.82, 2.24) is 19.9 Å². The van der Waals surface area contributed by atoms with E-state index < -0.39 is 0 Å². The van der Waals surface area contributed by atoms with E-state index in [-0.39, 0.29) is 5.54 Å². The third-order valence-electron chi connectivity index (χ3n) is 3.70. The van der Waals surface area contributed by atoms with Crippen molar-refractivity contribution in [2.45, 2.75) is 26.3 Å². The first-order valence-electron chi connectivity index (χ1n) is 6.99. The topological polar surface area (TPSA) is 66.4 Å². The van der Waals surface area contributed by atoms with E-state index in [1.165, 1.54) is 0 Å². The molecule has 2 heterocycles. The Hall–Kier alpha value is -1.63. The van der Waals surface area contributed by atoms with E-state index in [2.05, 4.69) is 51.0 Å². The second kappa shape index (κ2) is 5.78. The molecule has 0 spiro atoms. The van der Waals surface area contributed by atoms with Crippen molar-refractivity contribution in [3.8, 4) is 6.01 Å². The normalized spacial score (nSPS) is 18.9. The van der Waals surface area contributed by atoms with Crippen LogP contribution < -0.4 is 15.0 Å². The fourth-order valence-corrected chi connectivity index (χ4v) is 2.20. The molecule has 0 saturated carbocycles. The van der Waals surface area contributed by atoms with Gasteiger partial charge in [0.15, 0.2) is 0 Å². The molecule has 0 aromatic carbocycles. The summed E-state index contributed by atoms with van der Waals surface area (Å²) in [5.41, 5.74) is 0.0937. The third-order valence-corrected chi connectivity index (χ3v) is 3.70. The quantitative estimate of drug-likeness (QED) is 0.876. The van der Waals surface area contributed by atoms with E-state index in [1.807, 2.05) is 6.92 Å². The SMILES string of the molecule is CCOc1nc(NC)nc(N2CCN(C)C(C)(C)C2)n1. The van der Waals surface area contributed by atoms with Gasteiger partial charge in [0, 0.05) is 32.2 Å². The highest BCUT2D eigenvalue weighted by Crippen LogP contribution is 2.23. The van der Waals surface area contributed by atoms with Crippen LogP contribution in [0.4, 0.5) is 11.9 Å². The van der Waals surface area contributed by atoms with Gasteiger partial charge in [-0.3, -0.25) is 4.90 Å². The first kappa shape index (κ1) is 14.8. The van der Waals surface area contributed by atoms with E-state index in [0.717, 1.165) is 19.6 Å². The summed E-state index contributed by atoms with van der Waals surface area (Å²) in [6.45, 7) is 9.67. The van der Waals surface area contributed by atoms with Gasteiger partial charge in [0.2, 0.25) is 11.9 Å². The number of piperazine rings is 1. The average Bonchev–Trinajstić information content (AvgIpc) is 2.41. The Kier molecular flexibility index (Phi) is 4.27. The molecule has 0 amide bonds. The van der Waals surface area contributed by atoms with Crippen molar-refractivity contribution in [2.24, 2.45) is 0 Å². The first-order chi connectivity index (χ1) is 9.46. The second-order valence-corrected chi connectivity index (χ2v) is 5.58. The minimum Gasteiger partial charge on any atom is -0.464 e. The molecule has 0 bridgehead atoms. The van der Waals surface area contributed by atoms with E-state index in [9.17, 15) is 0 Å². The van der Waals surface area contributed by atoms with Crippen molar-refractivity contribution in [2.75, 3.05) is 50.6 Å². The molecule has 1 aromatic rings. The fraction of sp³-hybridized carbons (Fsp3) is 0.769. The van der Waals surface area contributed by atoms with Crippen LogP contribution in [0, 0.1) is 0 Å². The lowest BCUT2D eigenvalue weighted by Gasteiger charge is -2.45. The van der Waals surface area contributed by atoms with Gasteiger partial charge in [-0.25, -0.2) is 0 Å². The molecule has 20 heavy (non-hydrogen) atoms. The Labute approximate surface area is 120 Å². The number of ether oxygens (including phenoxy) is 1. The van der Waals surface area contributed by atoms with Crippen LogP contribution in [0.2, 0.25) is 0 Å². The summed E-state index contributed by atoms with van der Waals surface area (Å²) in [5, 5.41) is 2.96. The Balaban J connectivity index is 2.25. The number of likely N-dealkylation sites (N-methyl/N-ethyl adjacent to an activating group) is 1. The smallest absolute Gasteiger partial charge is 0.323 e. The highest BCUT2D eigenvalue weighted by atomic mass is 16.5. The van der Waals surface area contributed by atoms with Crippen LogP contribution in [0.3, 0.4) is 0 Å². The summed E-state index contributed by atoms with van der Waals surface area (Å²) in [7, 11) is 3.94. The van der Waals surface area contributed by atoms with Gasteiger partial charge in [-0.1, -0.05) is 0 Å². The number of anilines is 2. The predicted octanol–water partition coefficient (Wildman–Crippen LogP) is 0.842. The monoisotopic (exact) mass is 280 g/mol. The molecule has 7 nitrogen and oxygen atoms in total. The zero-order valence-electron chi connectivity index (χ0n) is 13.0. The molecule has 1 N–H and O–H groups in total. The lowest BCUT2D eigenvalue weighted by molar-refractivity contribution is 0.138. The number of nitrogens with zero attached hydrogens (tertiary/aromatic N) is 5. The van der Waals surface area contributed by atoms with Crippen LogP contribution in [0.5, 0.6) is 6.01 Å². The maximum absolute atomic E-state index is 5.41. The van der Waals surface area contributed by atoms with Gasteiger partial charge < -0.3 is 15.0 Å². The van der Waals surface area contributed by atoms with Gasteiger partial charge in [-0.2, -0.15) is 15.0 Å². The summed E-state index contributed by atoms with van der Waals surface area (Å²) in [6.07, 6.45) is 0. The molecule has 0 aliphatic carbocycles. The highest BCUT2D eigenvalue weighted by molar-refractivity contribution is 5.39. The van der Waals surface area contributed by atoms with Gasteiger partial charge in [0.25, 0.3) is 0 Å². The van der Waals surface area contributed by atoms with Gasteiger partial charge in [-0.15, -0.1) is 0 Å². The summed E-state index contributed by atoms with van der Waals surface area (Å²) >= 11 is 0. The lowest BCUT2D eigenvalue weighted by atomic mass is 10.0. The lowest BCUT2D eigenvalue weighted by Crippen LogP contribution is -2.58.